The van der Waals surface area contributed by atoms with E-state index in [0.717, 1.165) is 19.4 Å². The molecule has 1 aromatic rings. The number of carboxylic acid groups (broad SMARTS) is 1. The van der Waals surface area contributed by atoms with Gasteiger partial charge < -0.3 is 14.8 Å². The molecule has 0 aliphatic carbocycles. The van der Waals surface area contributed by atoms with Crippen LogP contribution in [0.15, 0.2) is 22.8 Å². The standard InChI is InChI=1S/C14H22N2O4/c1-2-3-7-16(8-6-14(18)19)11-13(17)15-10-12-5-4-9-20-12/h4-5,9H,2-3,6-8,10-11H2,1H3,(H,15,17)(H,18,19). The van der Waals surface area contributed by atoms with E-state index in [4.69, 9.17) is 9.52 Å². The van der Waals surface area contributed by atoms with Crippen molar-refractivity contribution in [1.29, 1.82) is 0 Å². The van der Waals surface area contributed by atoms with E-state index in [2.05, 4.69) is 12.2 Å². The molecule has 6 heteroatoms. The maximum atomic E-state index is 11.8. The summed E-state index contributed by atoms with van der Waals surface area (Å²) in [5, 5.41) is 11.5. The minimum atomic E-state index is -0.845. The highest BCUT2D eigenvalue weighted by molar-refractivity contribution is 5.78. The van der Waals surface area contributed by atoms with Gasteiger partial charge in [0.25, 0.3) is 0 Å². The Bertz CT molecular complexity index is 403. The molecule has 0 spiro atoms. The van der Waals surface area contributed by atoms with Gasteiger partial charge in [-0.25, -0.2) is 0 Å². The van der Waals surface area contributed by atoms with Crippen LogP contribution >= 0.6 is 0 Å². The number of aliphatic carboxylic acids is 1. The molecule has 0 radical (unpaired) electrons. The van der Waals surface area contributed by atoms with Crippen LogP contribution in [-0.2, 0) is 16.1 Å². The zero-order valence-corrected chi connectivity index (χ0v) is 11.8. The van der Waals surface area contributed by atoms with Gasteiger partial charge >= 0.3 is 5.97 Å². The number of amides is 1. The maximum absolute atomic E-state index is 11.8. The van der Waals surface area contributed by atoms with Crippen molar-refractivity contribution in [2.24, 2.45) is 0 Å². The number of nitrogens with zero attached hydrogens (tertiary/aromatic N) is 1. The number of hydrogen-bond acceptors (Lipinski definition) is 4. The summed E-state index contributed by atoms with van der Waals surface area (Å²) in [6.07, 6.45) is 3.57. The number of carboxylic acids is 1. The molecule has 20 heavy (non-hydrogen) atoms. The number of nitrogens with one attached hydrogen (secondary N) is 1. The summed E-state index contributed by atoms with van der Waals surface area (Å²) in [5.41, 5.74) is 0. The number of carbonyl (C=O) groups excluding carboxylic acids is 1. The third kappa shape index (κ3) is 6.94. The van der Waals surface area contributed by atoms with Gasteiger partial charge in [0.05, 0.1) is 25.8 Å². The average molecular weight is 282 g/mol. The molecular weight excluding hydrogens is 260 g/mol. The van der Waals surface area contributed by atoms with Gasteiger partial charge in [0.2, 0.25) is 5.91 Å². The van der Waals surface area contributed by atoms with E-state index in [9.17, 15) is 9.59 Å². The summed E-state index contributed by atoms with van der Waals surface area (Å²) in [7, 11) is 0. The monoisotopic (exact) mass is 282 g/mol. The van der Waals surface area contributed by atoms with Crippen LogP contribution < -0.4 is 5.32 Å². The van der Waals surface area contributed by atoms with Gasteiger partial charge in [-0.15, -0.1) is 0 Å². The first kappa shape index (κ1) is 16.2. The second-order valence-electron chi connectivity index (χ2n) is 4.63. The van der Waals surface area contributed by atoms with Crippen molar-refractivity contribution in [3.63, 3.8) is 0 Å². The van der Waals surface area contributed by atoms with Crippen LogP contribution in [0.1, 0.15) is 31.9 Å². The predicted molar refractivity (Wildman–Crippen MR) is 74.2 cm³/mol. The second-order valence-corrected chi connectivity index (χ2v) is 4.63. The second kappa shape index (κ2) is 9.14. The largest absolute Gasteiger partial charge is 0.481 e. The summed E-state index contributed by atoms with van der Waals surface area (Å²) >= 11 is 0. The van der Waals surface area contributed by atoms with Crippen molar-refractivity contribution in [2.75, 3.05) is 19.6 Å². The number of carbonyl (C=O) groups is 2. The SMILES string of the molecule is CCCCN(CCC(=O)O)CC(=O)NCc1ccco1. The molecule has 0 fully saturated rings. The molecule has 6 nitrogen and oxygen atoms in total. The molecule has 0 unspecified atom stereocenters. The molecule has 0 aliphatic heterocycles. The molecule has 1 aromatic heterocycles. The van der Waals surface area contributed by atoms with E-state index in [1.54, 1.807) is 18.4 Å². The normalized spacial score (nSPS) is 10.7. The first-order valence-corrected chi connectivity index (χ1v) is 6.85. The van der Waals surface area contributed by atoms with E-state index in [1.807, 2.05) is 4.90 Å². The van der Waals surface area contributed by atoms with Gasteiger partial charge in [0.1, 0.15) is 5.76 Å². The van der Waals surface area contributed by atoms with Crippen molar-refractivity contribution in [2.45, 2.75) is 32.7 Å². The minimum absolute atomic E-state index is 0.0508. The van der Waals surface area contributed by atoms with Crippen LogP contribution in [0, 0.1) is 0 Å². The molecule has 0 saturated heterocycles. The molecule has 1 amide bonds. The van der Waals surface area contributed by atoms with Crippen molar-refractivity contribution in [3.05, 3.63) is 24.2 Å². The van der Waals surface area contributed by atoms with Crippen LogP contribution in [0.25, 0.3) is 0 Å². The molecule has 1 rings (SSSR count). The van der Waals surface area contributed by atoms with Crippen LogP contribution in [0.3, 0.4) is 0 Å². The summed E-state index contributed by atoms with van der Waals surface area (Å²) in [6.45, 7) is 3.76. The highest BCUT2D eigenvalue weighted by atomic mass is 16.4. The van der Waals surface area contributed by atoms with Crippen molar-refractivity contribution >= 4 is 11.9 Å². The van der Waals surface area contributed by atoms with E-state index < -0.39 is 5.97 Å². The number of hydrogen-bond donors (Lipinski definition) is 2. The number of furan rings is 1. The Labute approximate surface area is 118 Å². The van der Waals surface area contributed by atoms with Crippen molar-refractivity contribution in [1.82, 2.24) is 10.2 Å². The topological polar surface area (TPSA) is 82.8 Å². The zero-order valence-electron chi connectivity index (χ0n) is 11.8. The van der Waals surface area contributed by atoms with Crippen LogP contribution in [0.5, 0.6) is 0 Å². The third-order valence-electron chi connectivity index (χ3n) is 2.88. The Kier molecular flexibility index (Phi) is 7.42. The molecule has 0 bridgehead atoms. The summed E-state index contributed by atoms with van der Waals surface area (Å²) < 4.78 is 5.13. The van der Waals surface area contributed by atoms with E-state index in [1.165, 1.54) is 0 Å². The Hall–Kier alpha value is -1.82. The number of unbranched alkanes of at least 4 members (excludes halogenated alkanes) is 1. The highest BCUT2D eigenvalue weighted by Crippen LogP contribution is 2.00. The first-order chi connectivity index (χ1) is 9.61. The van der Waals surface area contributed by atoms with Crippen LogP contribution in [-0.4, -0.2) is 41.5 Å². The highest BCUT2D eigenvalue weighted by Gasteiger charge is 2.12. The lowest BCUT2D eigenvalue weighted by molar-refractivity contribution is -0.137. The Morgan fingerprint density at radius 3 is 2.80 bits per heavy atom. The van der Waals surface area contributed by atoms with Gasteiger partial charge in [0, 0.05) is 6.54 Å². The Balaban J connectivity index is 2.33. The molecule has 0 saturated carbocycles. The van der Waals surface area contributed by atoms with Gasteiger partial charge in [-0.05, 0) is 25.1 Å². The Morgan fingerprint density at radius 2 is 2.20 bits per heavy atom. The smallest absolute Gasteiger partial charge is 0.304 e. The summed E-state index contributed by atoms with van der Waals surface area (Å²) in [4.78, 5) is 24.3. The van der Waals surface area contributed by atoms with Gasteiger partial charge in [-0.3, -0.25) is 14.5 Å². The molecule has 1 heterocycles. The lowest BCUT2D eigenvalue weighted by atomic mass is 10.3. The van der Waals surface area contributed by atoms with Gasteiger partial charge in [-0.1, -0.05) is 13.3 Å². The van der Waals surface area contributed by atoms with Crippen LogP contribution in [0.4, 0.5) is 0 Å². The molecule has 2 N–H and O–H groups in total. The fraction of sp³-hybridized carbons (Fsp3) is 0.571. The van der Waals surface area contributed by atoms with E-state index in [-0.39, 0.29) is 18.9 Å². The van der Waals surface area contributed by atoms with Crippen molar-refractivity contribution < 1.29 is 19.1 Å². The number of rotatable bonds is 10. The molecule has 0 aromatic carbocycles. The average Bonchev–Trinajstić information content (AvgIpc) is 2.92. The Morgan fingerprint density at radius 1 is 1.40 bits per heavy atom. The molecule has 0 aliphatic rings. The molecule has 0 atom stereocenters. The fourth-order valence-electron chi connectivity index (χ4n) is 1.76. The molecular formula is C14H22N2O4. The summed E-state index contributed by atoms with van der Waals surface area (Å²) in [6, 6.07) is 3.56. The van der Waals surface area contributed by atoms with E-state index >= 15 is 0 Å². The van der Waals surface area contributed by atoms with Crippen LogP contribution in [0.2, 0.25) is 0 Å². The zero-order chi connectivity index (χ0) is 14.8. The van der Waals surface area contributed by atoms with Gasteiger partial charge in [-0.2, -0.15) is 0 Å². The summed E-state index contributed by atoms with van der Waals surface area (Å²) in [5.74, 6) is -0.269. The first-order valence-electron chi connectivity index (χ1n) is 6.85. The van der Waals surface area contributed by atoms with Crippen molar-refractivity contribution in [3.8, 4) is 0 Å². The third-order valence-corrected chi connectivity index (χ3v) is 2.88. The quantitative estimate of drug-likeness (QED) is 0.679. The van der Waals surface area contributed by atoms with Gasteiger partial charge in [0.15, 0.2) is 0 Å². The predicted octanol–water partition coefficient (Wildman–Crippen LogP) is 1.47. The fourth-order valence-corrected chi connectivity index (χ4v) is 1.76. The lowest BCUT2D eigenvalue weighted by Gasteiger charge is -2.20. The maximum Gasteiger partial charge on any atom is 0.304 e. The lowest BCUT2D eigenvalue weighted by Crippen LogP contribution is -2.38. The molecule has 112 valence electrons. The minimum Gasteiger partial charge on any atom is -0.481 e. The van der Waals surface area contributed by atoms with E-state index in [0.29, 0.717) is 18.8 Å².